The van der Waals surface area contributed by atoms with Gasteiger partial charge in [-0.05, 0) is 32.7 Å². The Morgan fingerprint density at radius 1 is 1.15 bits per heavy atom. The molecule has 0 saturated carbocycles. The number of hydrogen-bond donors (Lipinski definition) is 2. The first kappa shape index (κ1) is 19.9. The van der Waals surface area contributed by atoms with E-state index in [1.807, 2.05) is 0 Å². The van der Waals surface area contributed by atoms with Crippen LogP contribution in [0.1, 0.15) is 33.1 Å². The van der Waals surface area contributed by atoms with E-state index in [1.165, 1.54) is 19.4 Å². The zero-order chi connectivity index (χ0) is 13.8. The van der Waals surface area contributed by atoms with Gasteiger partial charge in [0.05, 0.1) is 13.2 Å². The first-order valence-electron chi connectivity index (χ1n) is 7.69. The molecule has 5 nitrogen and oxygen atoms in total. The third-order valence-corrected chi connectivity index (χ3v) is 3.14. The van der Waals surface area contributed by atoms with Gasteiger partial charge in [0, 0.05) is 32.7 Å². The smallest absolute Gasteiger partial charge is 0.191 e. The summed E-state index contributed by atoms with van der Waals surface area (Å²) in [6.07, 6.45) is 3.52. The van der Waals surface area contributed by atoms with E-state index >= 15 is 0 Å². The number of unbranched alkanes of at least 4 members (excludes halogenated alkanes) is 1. The van der Waals surface area contributed by atoms with Crippen LogP contribution >= 0.6 is 24.0 Å². The van der Waals surface area contributed by atoms with E-state index in [9.17, 15) is 0 Å². The predicted octanol–water partition coefficient (Wildman–Crippen LogP) is 1.68. The molecule has 2 N–H and O–H groups in total. The fourth-order valence-corrected chi connectivity index (χ4v) is 2.06. The van der Waals surface area contributed by atoms with E-state index in [-0.39, 0.29) is 24.0 Å². The number of halogens is 1. The molecule has 120 valence electrons. The Morgan fingerprint density at radius 2 is 1.90 bits per heavy atom. The molecule has 0 aromatic carbocycles. The van der Waals surface area contributed by atoms with Gasteiger partial charge >= 0.3 is 0 Å². The highest BCUT2D eigenvalue weighted by molar-refractivity contribution is 14.0. The number of guanidine groups is 1. The summed E-state index contributed by atoms with van der Waals surface area (Å²) in [5, 5.41) is 6.66. The van der Waals surface area contributed by atoms with E-state index in [2.05, 4.69) is 34.4 Å². The van der Waals surface area contributed by atoms with Crippen LogP contribution in [0, 0.1) is 0 Å². The highest BCUT2D eigenvalue weighted by Crippen LogP contribution is 1.99. The van der Waals surface area contributed by atoms with Gasteiger partial charge in [-0.1, -0.05) is 6.92 Å². The molecule has 6 heteroatoms. The number of ether oxygens (including phenoxy) is 1. The summed E-state index contributed by atoms with van der Waals surface area (Å²) in [6, 6.07) is 0. The van der Waals surface area contributed by atoms with Gasteiger partial charge in [0.2, 0.25) is 0 Å². The van der Waals surface area contributed by atoms with Crippen molar-refractivity contribution >= 4 is 29.9 Å². The van der Waals surface area contributed by atoms with Crippen LogP contribution in [0.4, 0.5) is 0 Å². The third kappa shape index (κ3) is 9.77. The first-order valence-corrected chi connectivity index (χ1v) is 7.69. The minimum atomic E-state index is 0. The molecule has 0 radical (unpaired) electrons. The van der Waals surface area contributed by atoms with Crippen LogP contribution in [0.5, 0.6) is 0 Å². The molecule has 1 aliphatic rings. The maximum Gasteiger partial charge on any atom is 0.191 e. The molecule has 1 fully saturated rings. The van der Waals surface area contributed by atoms with Gasteiger partial charge < -0.3 is 15.4 Å². The Morgan fingerprint density at radius 3 is 2.55 bits per heavy atom. The van der Waals surface area contributed by atoms with Crippen molar-refractivity contribution < 1.29 is 4.74 Å². The van der Waals surface area contributed by atoms with Gasteiger partial charge in [-0.15, -0.1) is 24.0 Å². The number of morpholine rings is 1. The maximum atomic E-state index is 5.35. The van der Waals surface area contributed by atoms with Crippen LogP contribution in [0.25, 0.3) is 0 Å². The molecule has 0 bridgehead atoms. The maximum absolute atomic E-state index is 5.35. The summed E-state index contributed by atoms with van der Waals surface area (Å²) in [4.78, 5) is 6.97. The minimum Gasteiger partial charge on any atom is -0.379 e. The lowest BCUT2D eigenvalue weighted by molar-refractivity contribution is 0.0372. The molecule has 20 heavy (non-hydrogen) atoms. The van der Waals surface area contributed by atoms with E-state index in [4.69, 9.17) is 4.74 Å². The topological polar surface area (TPSA) is 48.9 Å². The highest BCUT2D eigenvalue weighted by atomic mass is 127. The van der Waals surface area contributed by atoms with Crippen molar-refractivity contribution in [2.24, 2.45) is 4.99 Å². The van der Waals surface area contributed by atoms with Gasteiger partial charge in [-0.3, -0.25) is 9.89 Å². The zero-order valence-electron chi connectivity index (χ0n) is 13.0. The van der Waals surface area contributed by atoms with Gasteiger partial charge in [0.1, 0.15) is 0 Å². The van der Waals surface area contributed by atoms with E-state index < -0.39 is 0 Å². The van der Waals surface area contributed by atoms with E-state index in [0.717, 1.165) is 58.3 Å². The molecule has 0 aromatic rings. The number of nitrogens with one attached hydrogen (secondary N) is 2. The molecule has 0 atom stereocenters. The highest BCUT2D eigenvalue weighted by Gasteiger charge is 2.08. The van der Waals surface area contributed by atoms with Crippen LogP contribution in [0.15, 0.2) is 4.99 Å². The fraction of sp³-hybridized carbons (Fsp3) is 0.929. The second-order valence-electron chi connectivity index (χ2n) is 4.85. The summed E-state index contributed by atoms with van der Waals surface area (Å²) >= 11 is 0. The lowest BCUT2D eigenvalue weighted by Gasteiger charge is -2.26. The van der Waals surface area contributed by atoms with Gasteiger partial charge in [0.25, 0.3) is 0 Å². The molecule has 0 aliphatic carbocycles. The molecule has 0 unspecified atom stereocenters. The Kier molecular flexibility index (Phi) is 13.8. The van der Waals surface area contributed by atoms with Crippen LogP contribution < -0.4 is 10.6 Å². The largest absolute Gasteiger partial charge is 0.379 e. The van der Waals surface area contributed by atoms with Crippen molar-refractivity contribution in [2.75, 3.05) is 52.5 Å². The first-order chi connectivity index (χ1) is 9.36. The number of hydrogen-bond acceptors (Lipinski definition) is 3. The average molecular weight is 398 g/mol. The second kappa shape index (κ2) is 13.9. The molecule has 1 rings (SSSR count). The summed E-state index contributed by atoms with van der Waals surface area (Å²) < 4.78 is 5.35. The van der Waals surface area contributed by atoms with Gasteiger partial charge in [-0.25, -0.2) is 0 Å². The van der Waals surface area contributed by atoms with Crippen molar-refractivity contribution in [1.29, 1.82) is 0 Å². The fourth-order valence-electron chi connectivity index (χ4n) is 2.06. The monoisotopic (exact) mass is 398 g/mol. The number of rotatable bonds is 8. The quantitative estimate of drug-likeness (QED) is 0.283. The summed E-state index contributed by atoms with van der Waals surface area (Å²) in [5.74, 6) is 0.954. The standard InChI is InChI=1S/C14H30N4O.HI/c1-3-7-16-14(15-4-2)17-8-5-6-9-18-10-12-19-13-11-18;/h3-13H2,1-2H3,(H2,15,16,17);1H. The van der Waals surface area contributed by atoms with Crippen molar-refractivity contribution in [1.82, 2.24) is 15.5 Å². The summed E-state index contributed by atoms with van der Waals surface area (Å²) in [7, 11) is 0. The minimum absolute atomic E-state index is 0. The lowest BCUT2D eigenvalue weighted by Crippen LogP contribution is -2.39. The van der Waals surface area contributed by atoms with Gasteiger partial charge in [-0.2, -0.15) is 0 Å². The molecule has 0 amide bonds. The zero-order valence-corrected chi connectivity index (χ0v) is 15.3. The van der Waals surface area contributed by atoms with Crippen LogP contribution in [0.3, 0.4) is 0 Å². The normalized spacial score (nSPS) is 16.6. The van der Waals surface area contributed by atoms with Crippen molar-refractivity contribution in [3.8, 4) is 0 Å². The molecule has 1 saturated heterocycles. The van der Waals surface area contributed by atoms with Crippen LogP contribution in [-0.4, -0.2) is 63.3 Å². The Hall–Kier alpha value is -0.0800. The molecule has 1 aliphatic heterocycles. The number of aliphatic imine (C=N–C) groups is 1. The SMILES string of the molecule is CCCN=C(NCC)NCCCCN1CCOCC1.I. The Bertz CT molecular complexity index is 245. The lowest BCUT2D eigenvalue weighted by atomic mass is 10.3. The van der Waals surface area contributed by atoms with Crippen LogP contribution in [0.2, 0.25) is 0 Å². The molecular weight excluding hydrogens is 367 g/mol. The van der Waals surface area contributed by atoms with Crippen LogP contribution in [-0.2, 0) is 4.74 Å². The molecule has 1 heterocycles. The second-order valence-corrected chi connectivity index (χ2v) is 4.85. The summed E-state index contributed by atoms with van der Waals surface area (Å²) in [5.41, 5.74) is 0. The Balaban J connectivity index is 0.00000361. The summed E-state index contributed by atoms with van der Waals surface area (Å²) in [6.45, 7) is 12.2. The molecule has 0 spiro atoms. The molecular formula is C14H31IN4O. The average Bonchev–Trinajstić information content (AvgIpc) is 2.45. The van der Waals surface area contributed by atoms with E-state index in [0.29, 0.717) is 0 Å². The van der Waals surface area contributed by atoms with Crippen molar-refractivity contribution in [2.45, 2.75) is 33.1 Å². The van der Waals surface area contributed by atoms with Crippen molar-refractivity contribution in [3.63, 3.8) is 0 Å². The Labute approximate surface area is 140 Å². The number of nitrogens with zero attached hydrogens (tertiary/aromatic N) is 2. The molecule has 0 aromatic heterocycles. The predicted molar refractivity (Wildman–Crippen MR) is 96.2 cm³/mol. The van der Waals surface area contributed by atoms with Crippen molar-refractivity contribution in [3.05, 3.63) is 0 Å². The van der Waals surface area contributed by atoms with E-state index in [1.54, 1.807) is 0 Å². The third-order valence-electron chi connectivity index (χ3n) is 3.14. The van der Waals surface area contributed by atoms with Gasteiger partial charge in [0.15, 0.2) is 5.96 Å².